The second-order valence-electron chi connectivity index (χ2n) is 4.18. The third-order valence-corrected chi connectivity index (χ3v) is 2.08. The van der Waals surface area contributed by atoms with Gasteiger partial charge in [0.25, 0.3) is 0 Å². The van der Waals surface area contributed by atoms with Gasteiger partial charge in [0.05, 0.1) is 13.0 Å². The highest BCUT2D eigenvalue weighted by Gasteiger charge is 2.27. The van der Waals surface area contributed by atoms with Gasteiger partial charge < -0.3 is 9.47 Å². The first-order valence-electron chi connectivity index (χ1n) is 5.95. The summed E-state index contributed by atoms with van der Waals surface area (Å²) >= 11 is 0. The van der Waals surface area contributed by atoms with Gasteiger partial charge in [0.1, 0.15) is 6.10 Å². The molecule has 1 atom stereocenters. The average Bonchev–Trinajstić information content (AvgIpc) is 2.14. The molecule has 0 bridgehead atoms. The largest absolute Gasteiger partial charge is 0.462 e. The molecule has 0 N–H and O–H groups in total. The summed E-state index contributed by atoms with van der Waals surface area (Å²) in [6.45, 7) is 8.17. The quantitative estimate of drug-likeness (QED) is 0.703. The van der Waals surface area contributed by atoms with Crippen LogP contribution in [0.3, 0.4) is 0 Å². The molecule has 2 amide bonds. The summed E-state index contributed by atoms with van der Waals surface area (Å²) in [5.74, 6) is -0.875. The molecule has 6 heteroatoms. The standard InChI is InChI=1S/C12H21NO5/c1-6-17-12(16)13(8(2)3)11(15)7-9(4)18-10(5)14/h8-9H,6-7H2,1-5H3. The van der Waals surface area contributed by atoms with Gasteiger partial charge in [-0.15, -0.1) is 0 Å². The molecule has 104 valence electrons. The van der Waals surface area contributed by atoms with Gasteiger partial charge in [0.2, 0.25) is 5.91 Å². The van der Waals surface area contributed by atoms with Crippen molar-refractivity contribution in [1.29, 1.82) is 0 Å². The van der Waals surface area contributed by atoms with E-state index in [1.807, 2.05) is 0 Å². The van der Waals surface area contributed by atoms with Crippen LogP contribution in [-0.2, 0) is 19.1 Å². The molecule has 0 aromatic rings. The van der Waals surface area contributed by atoms with Gasteiger partial charge in [-0.25, -0.2) is 9.69 Å². The molecule has 18 heavy (non-hydrogen) atoms. The minimum Gasteiger partial charge on any atom is -0.462 e. The monoisotopic (exact) mass is 259 g/mol. The minimum absolute atomic E-state index is 0.0451. The van der Waals surface area contributed by atoms with Crippen LogP contribution < -0.4 is 0 Å². The van der Waals surface area contributed by atoms with Crippen LogP contribution in [0.4, 0.5) is 4.79 Å². The Hall–Kier alpha value is -1.59. The summed E-state index contributed by atoms with van der Waals surface area (Å²) in [6, 6.07) is -0.305. The van der Waals surface area contributed by atoms with Gasteiger partial charge in [-0.1, -0.05) is 0 Å². The zero-order valence-electron chi connectivity index (χ0n) is 11.6. The maximum Gasteiger partial charge on any atom is 0.416 e. The minimum atomic E-state index is -0.674. The Bertz CT molecular complexity index is 314. The molecule has 0 aliphatic carbocycles. The highest BCUT2D eigenvalue weighted by molar-refractivity contribution is 5.92. The van der Waals surface area contributed by atoms with Crippen molar-refractivity contribution in [3.8, 4) is 0 Å². The number of esters is 1. The van der Waals surface area contributed by atoms with E-state index in [4.69, 9.17) is 9.47 Å². The van der Waals surface area contributed by atoms with E-state index in [1.165, 1.54) is 6.92 Å². The van der Waals surface area contributed by atoms with Crippen LogP contribution in [0.25, 0.3) is 0 Å². The smallest absolute Gasteiger partial charge is 0.416 e. The number of hydrogen-bond acceptors (Lipinski definition) is 5. The first-order chi connectivity index (χ1) is 8.29. The van der Waals surface area contributed by atoms with E-state index < -0.39 is 24.1 Å². The van der Waals surface area contributed by atoms with Crippen molar-refractivity contribution in [2.24, 2.45) is 0 Å². The first-order valence-corrected chi connectivity index (χ1v) is 5.95. The Morgan fingerprint density at radius 3 is 2.11 bits per heavy atom. The predicted molar refractivity (Wildman–Crippen MR) is 64.8 cm³/mol. The molecule has 0 aromatic carbocycles. The number of amides is 2. The topological polar surface area (TPSA) is 72.9 Å². The molecular formula is C12H21NO5. The van der Waals surface area contributed by atoms with Gasteiger partial charge in [-0.2, -0.15) is 0 Å². The fourth-order valence-electron chi connectivity index (χ4n) is 1.46. The van der Waals surface area contributed by atoms with Crippen molar-refractivity contribution >= 4 is 18.0 Å². The summed E-state index contributed by atoms with van der Waals surface area (Å²) < 4.78 is 9.66. The molecule has 1 unspecified atom stereocenters. The molecule has 0 aromatic heterocycles. The second-order valence-corrected chi connectivity index (χ2v) is 4.18. The zero-order valence-corrected chi connectivity index (χ0v) is 11.6. The van der Waals surface area contributed by atoms with Gasteiger partial charge >= 0.3 is 12.1 Å². The van der Waals surface area contributed by atoms with Gasteiger partial charge in [0, 0.05) is 13.0 Å². The molecule has 0 rings (SSSR count). The number of carbonyl (C=O) groups is 3. The average molecular weight is 259 g/mol. The van der Waals surface area contributed by atoms with Crippen molar-refractivity contribution in [1.82, 2.24) is 4.90 Å². The Morgan fingerprint density at radius 1 is 1.17 bits per heavy atom. The van der Waals surface area contributed by atoms with Crippen LogP contribution in [0.1, 0.15) is 41.0 Å². The summed E-state index contributed by atoms with van der Waals surface area (Å²) in [7, 11) is 0. The van der Waals surface area contributed by atoms with E-state index >= 15 is 0 Å². The van der Waals surface area contributed by atoms with Gasteiger partial charge in [0.15, 0.2) is 0 Å². The van der Waals surface area contributed by atoms with E-state index in [2.05, 4.69) is 0 Å². The van der Waals surface area contributed by atoms with Crippen LogP contribution in [0.5, 0.6) is 0 Å². The Labute approximate surface area is 107 Å². The number of nitrogens with zero attached hydrogens (tertiary/aromatic N) is 1. The van der Waals surface area contributed by atoms with Crippen molar-refractivity contribution in [2.75, 3.05) is 6.61 Å². The molecule has 0 heterocycles. The van der Waals surface area contributed by atoms with Crippen LogP contribution in [-0.4, -0.2) is 41.6 Å². The third-order valence-electron chi connectivity index (χ3n) is 2.08. The van der Waals surface area contributed by atoms with Gasteiger partial charge in [-0.05, 0) is 27.7 Å². The summed E-state index contributed by atoms with van der Waals surface area (Å²) in [6.07, 6.45) is -1.28. The van der Waals surface area contributed by atoms with Crippen molar-refractivity contribution in [3.63, 3.8) is 0 Å². The lowest BCUT2D eigenvalue weighted by atomic mass is 10.2. The van der Waals surface area contributed by atoms with E-state index in [0.717, 1.165) is 4.90 Å². The molecule has 6 nitrogen and oxygen atoms in total. The second kappa shape index (κ2) is 7.68. The number of ether oxygens (including phenoxy) is 2. The maximum absolute atomic E-state index is 11.9. The van der Waals surface area contributed by atoms with Gasteiger partial charge in [-0.3, -0.25) is 9.59 Å². The number of hydrogen-bond donors (Lipinski definition) is 0. The van der Waals surface area contributed by atoms with Crippen molar-refractivity contribution in [2.45, 2.75) is 53.2 Å². The highest BCUT2D eigenvalue weighted by atomic mass is 16.6. The zero-order chi connectivity index (χ0) is 14.3. The summed E-state index contributed by atoms with van der Waals surface area (Å²) in [5, 5.41) is 0. The first kappa shape index (κ1) is 16.4. The molecule has 0 saturated heterocycles. The van der Waals surface area contributed by atoms with Crippen LogP contribution in [0.2, 0.25) is 0 Å². The molecule has 0 radical (unpaired) electrons. The van der Waals surface area contributed by atoms with Crippen molar-refractivity contribution in [3.05, 3.63) is 0 Å². The van der Waals surface area contributed by atoms with E-state index in [0.29, 0.717) is 0 Å². The Morgan fingerprint density at radius 2 is 1.72 bits per heavy atom. The molecule has 0 spiro atoms. The lowest BCUT2D eigenvalue weighted by molar-refractivity contribution is -0.148. The maximum atomic E-state index is 11.9. The van der Waals surface area contributed by atoms with E-state index in [1.54, 1.807) is 27.7 Å². The Balaban J connectivity index is 4.58. The number of imide groups is 1. The molecule has 0 aliphatic heterocycles. The fourth-order valence-corrected chi connectivity index (χ4v) is 1.46. The van der Waals surface area contributed by atoms with Crippen LogP contribution >= 0.6 is 0 Å². The lowest BCUT2D eigenvalue weighted by Gasteiger charge is -2.24. The summed E-state index contributed by atoms with van der Waals surface area (Å²) in [5.41, 5.74) is 0. The number of carbonyl (C=O) groups excluding carboxylic acids is 3. The molecule has 0 saturated carbocycles. The molecular weight excluding hydrogens is 238 g/mol. The SMILES string of the molecule is CCOC(=O)N(C(=O)CC(C)OC(C)=O)C(C)C. The summed E-state index contributed by atoms with van der Waals surface area (Å²) in [4.78, 5) is 35.3. The normalized spacial score (nSPS) is 11.9. The van der Waals surface area contributed by atoms with Crippen molar-refractivity contribution < 1.29 is 23.9 Å². The van der Waals surface area contributed by atoms with Crippen LogP contribution in [0.15, 0.2) is 0 Å². The van der Waals surface area contributed by atoms with E-state index in [-0.39, 0.29) is 19.1 Å². The molecule has 0 aliphatic rings. The highest BCUT2D eigenvalue weighted by Crippen LogP contribution is 2.08. The lowest BCUT2D eigenvalue weighted by Crippen LogP contribution is -2.43. The van der Waals surface area contributed by atoms with E-state index in [9.17, 15) is 14.4 Å². The predicted octanol–water partition coefficient (Wildman–Crippen LogP) is 1.72. The molecule has 0 fully saturated rings. The Kier molecular flexibility index (Phi) is 7.00. The number of rotatable bonds is 5. The van der Waals surface area contributed by atoms with Crippen LogP contribution in [0, 0.1) is 0 Å². The third kappa shape index (κ3) is 5.65. The fraction of sp³-hybridized carbons (Fsp3) is 0.750.